The molecule has 226 valence electrons. The molecule has 3 heterocycles. The van der Waals surface area contributed by atoms with Gasteiger partial charge in [-0.25, -0.2) is 0 Å². The van der Waals surface area contributed by atoms with E-state index in [1.807, 2.05) is 37.3 Å². The number of likely N-dealkylation sites (tertiary alicyclic amines) is 1. The number of thioether (sulfide) groups is 1. The van der Waals surface area contributed by atoms with Crippen molar-refractivity contribution in [1.29, 1.82) is 0 Å². The molecule has 2 bridgehead atoms. The maximum absolute atomic E-state index is 14.5. The Kier molecular flexibility index (Phi) is 9.84. The Hall–Kier alpha value is -2.56. The summed E-state index contributed by atoms with van der Waals surface area (Å²) >= 11 is 5.42. The molecule has 3 N–H and O–H groups in total. The zero-order valence-electron chi connectivity index (χ0n) is 24.1. The van der Waals surface area contributed by atoms with Crippen LogP contribution in [0.2, 0.25) is 0 Å². The molecular formula is C32H40BrN3O5S. The summed E-state index contributed by atoms with van der Waals surface area (Å²) in [5.74, 6) is -1.22. The number of benzene rings is 2. The van der Waals surface area contributed by atoms with Crippen LogP contribution in [0.15, 0.2) is 54.6 Å². The summed E-state index contributed by atoms with van der Waals surface area (Å²) in [6.07, 6.45) is 3.91. The molecular weight excluding hydrogens is 618 g/mol. The third kappa shape index (κ3) is 5.82. The van der Waals surface area contributed by atoms with Crippen LogP contribution in [0.5, 0.6) is 5.75 Å². The number of halogens is 1. The van der Waals surface area contributed by atoms with Crippen LogP contribution in [0.25, 0.3) is 0 Å². The number of anilines is 1. The van der Waals surface area contributed by atoms with Crippen molar-refractivity contribution in [2.45, 2.75) is 72.9 Å². The zero-order chi connectivity index (χ0) is 29.9. The zero-order valence-corrected chi connectivity index (χ0v) is 26.5. The summed E-state index contributed by atoms with van der Waals surface area (Å²) < 4.78 is 4.75. The maximum Gasteiger partial charge on any atom is 0.244 e. The number of aliphatic hydroxyl groups is 1. The summed E-state index contributed by atoms with van der Waals surface area (Å²) in [4.78, 5) is 43.9. The van der Waals surface area contributed by atoms with Gasteiger partial charge in [0.05, 0.1) is 35.8 Å². The molecule has 8 nitrogen and oxygen atoms in total. The molecule has 0 aliphatic carbocycles. The fraction of sp³-hybridized carbons (Fsp3) is 0.531. The van der Waals surface area contributed by atoms with E-state index in [2.05, 4.69) is 33.5 Å². The Labute approximate surface area is 260 Å². The average molecular weight is 659 g/mol. The van der Waals surface area contributed by atoms with Crippen molar-refractivity contribution in [3.8, 4) is 5.75 Å². The highest BCUT2D eigenvalue weighted by Gasteiger charge is 2.76. The summed E-state index contributed by atoms with van der Waals surface area (Å²) in [6.45, 7) is 4.82. The number of fused-ring (bicyclic) bond motifs is 1. The number of carbonyl (C=O) groups excluding carboxylic acids is 3. The van der Waals surface area contributed by atoms with Gasteiger partial charge in [-0.3, -0.25) is 14.4 Å². The molecule has 10 heteroatoms. The van der Waals surface area contributed by atoms with E-state index < -0.39 is 28.7 Å². The van der Waals surface area contributed by atoms with Crippen LogP contribution < -0.4 is 15.4 Å². The van der Waals surface area contributed by atoms with Crippen LogP contribution in [0, 0.1) is 11.8 Å². The minimum Gasteiger partial charge on any atom is -0.494 e. The molecule has 0 aromatic heterocycles. The largest absolute Gasteiger partial charge is 0.494 e. The van der Waals surface area contributed by atoms with Crippen LogP contribution in [-0.4, -0.2) is 74.4 Å². The third-order valence-corrected chi connectivity index (χ3v) is 11.9. The van der Waals surface area contributed by atoms with Crippen LogP contribution in [0.3, 0.4) is 0 Å². The predicted octanol–water partition coefficient (Wildman–Crippen LogP) is 4.40. The molecule has 0 radical (unpaired) electrons. The molecule has 3 unspecified atom stereocenters. The van der Waals surface area contributed by atoms with Crippen LogP contribution in [-0.2, 0) is 20.8 Å². The van der Waals surface area contributed by atoms with Crippen LogP contribution in [0.4, 0.5) is 5.69 Å². The van der Waals surface area contributed by atoms with Crippen molar-refractivity contribution in [2.24, 2.45) is 11.8 Å². The standard InChI is InChI=1S/C32H40BrN3O5S/c1-3-5-9-16-34-30(39)28-32-18-24(33)27(42-32)25(29(38)35-21-12-14-23(15-13-21)41-4-2)26(32)31(40)36(28)22(19-37)17-20-10-7-6-8-11-20/h6-8,10-15,22,24-28,37H,3-5,9,16-19H2,1-2H3,(H,34,39)(H,35,38)/t22-,24?,25-,26+,27-,28?,32?/m1/s1. The molecule has 2 aromatic carbocycles. The number of carbonyl (C=O) groups is 3. The van der Waals surface area contributed by atoms with Gasteiger partial charge in [-0.15, -0.1) is 11.8 Å². The monoisotopic (exact) mass is 657 g/mol. The molecule has 1 spiro atoms. The summed E-state index contributed by atoms with van der Waals surface area (Å²) in [5, 5.41) is 16.6. The number of unbranched alkanes of at least 4 members (excludes halogenated alkanes) is 2. The Morgan fingerprint density at radius 3 is 2.52 bits per heavy atom. The van der Waals surface area contributed by atoms with Crippen molar-refractivity contribution < 1.29 is 24.2 Å². The lowest BCUT2D eigenvalue weighted by atomic mass is 9.70. The fourth-order valence-corrected chi connectivity index (χ4v) is 10.5. The van der Waals surface area contributed by atoms with E-state index in [0.717, 1.165) is 24.8 Å². The van der Waals surface area contributed by atoms with Gasteiger partial charge in [0.1, 0.15) is 11.8 Å². The SMILES string of the molecule is CCCCCNC(=O)C1N([C@@H](CO)Cc2ccccc2)C(=O)[C@@H]2[C@@H](C(=O)Nc3ccc(OCC)cc3)[C@@H]3SC12CC3Br. The van der Waals surface area contributed by atoms with Gasteiger partial charge in [0, 0.05) is 22.3 Å². The summed E-state index contributed by atoms with van der Waals surface area (Å²) in [6, 6.07) is 15.5. The van der Waals surface area contributed by atoms with Crippen molar-refractivity contribution in [1.82, 2.24) is 10.2 Å². The molecule has 2 aromatic rings. The third-order valence-electron chi connectivity index (χ3n) is 8.71. The van der Waals surface area contributed by atoms with Gasteiger partial charge in [-0.05, 0) is 56.0 Å². The number of aliphatic hydroxyl groups excluding tert-OH is 1. The Bertz CT molecular complexity index is 1260. The first-order valence-electron chi connectivity index (χ1n) is 14.9. The highest BCUT2D eigenvalue weighted by molar-refractivity contribution is 9.09. The lowest BCUT2D eigenvalue weighted by Crippen LogP contribution is -2.57. The van der Waals surface area contributed by atoms with E-state index in [1.54, 1.807) is 40.9 Å². The minimum absolute atomic E-state index is 0.0281. The molecule has 5 rings (SSSR count). The van der Waals surface area contributed by atoms with Gasteiger partial charge in [0.2, 0.25) is 17.7 Å². The maximum atomic E-state index is 14.5. The number of rotatable bonds is 13. The van der Waals surface area contributed by atoms with E-state index in [1.165, 1.54) is 0 Å². The van der Waals surface area contributed by atoms with E-state index >= 15 is 0 Å². The fourth-order valence-electron chi connectivity index (χ4n) is 6.91. The smallest absolute Gasteiger partial charge is 0.244 e. The van der Waals surface area contributed by atoms with E-state index in [0.29, 0.717) is 37.4 Å². The van der Waals surface area contributed by atoms with E-state index in [-0.39, 0.29) is 34.4 Å². The van der Waals surface area contributed by atoms with Gasteiger partial charge in [0.25, 0.3) is 0 Å². The number of nitrogens with zero attached hydrogens (tertiary/aromatic N) is 1. The second-order valence-corrected chi connectivity index (χ2v) is 14.1. The molecule has 3 aliphatic heterocycles. The lowest BCUT2D eigenvalue weighted by Gasteiger charge is -2.37. The normalized spacial score (nSPS) is 28.4. The molecule has 42 heavy (non-hydrogen) atoms. The quantitative estimate of drug-likeness (QED) is 0.218. The topological polar surface area (TPSA) is 108 Å². The lowest BCUT2D eigenvalue weighted by molar-refractivity contribution is -0.142. The van der Waals surface area contributed by atoms with Gasteiger partial charge in [-0.2, -0.15) is 0 Å². The number of hydrogen-bond acceptors (Lipinski definition) is 6. The number of alkyl halides is 1. The number of hydrogen-bond donors (Lipinski definition) is 3. The minimum atomic E-state index is -0.782. The number of ether oxygens (including phenoxy) is 1. The van der Waals surface area contributed by atoms with Crippen LogP contribution in [0.1, 0.15) is 45.1 Å². The Morgan fingerprint density at radius 1 is 1.12 bits per heavy atom. The van der Waals surface area contributed by atoms with E-state index in [4.69, 9.17) is 4.74 Å². The number of amides is 3. The highest BCUT2D eigenvalue weighted by Crippen LogP contribution is 2.68. The van der Waals surface area contributed by atoms with Crippen molar-refractivity contribution in [2.75, 3.05) is 25.1 Å². The molecule has 3 fully saturated rings. The summed E-state index contributed by atoms with van der Waals surface area (Å²) in [5.41, 5.74) is 1.60. The Morgan fingerprint density at radius 2 is 1.86 bits per heavy atom. The molecule has 0 saturated carbocycles. The predicted molar refractivity (Wildman–Crippen MR) is 169 cm³/mol. The van der Waals surface area contributed by atoms with Gasteiger partial charge in [0.15, 0.2) is 0 Å². The number of nitrogens with one attached hydrogen (secondary N) is 2. The first-order chi connectivity index (χ1) is 20.3. The van der Waals surface area contributed by atoms with Gasteiger partial charge >= 0.3 is 0 Å². The first-order valence-corrected chi connectivity index (χ1v) is 16.7. The van der Waals surface area contributed by atoms with Crippen molar-refractivity contribution in [3.05, 3.63) is 60.2 Å². The van der Waals surface area contributed by atoms with Crippen molar-refractivity contribution in [3.63, 3.8) is 0 Å². The van der Waals surface area contributed by atoms with Crippen LogP contribution >= 0.6 is 27.7 Å². The molecule has 3 aliphatic rings. The molecule has 3 saturated heterocycles. The highest BCUT2D eigenvalue weighted by atomic mass is 79.9. The van der Waals surface area contributed by atoms with E-state index in [9.17, 15) is 19.5 Å². The Balaban J connectivity index is 1.46. The van der Waals surface area contributed by atoms with Gasteiger partial charge < -0.3 is 25.4 Å². The summed E-state index contributed by atoms with van der Waals surface area (Å²) in [7, 11) is 0. The first kappa shape index (κ1) is 30.9. The molecule has 7 atom stereocenters. The second-order valence-electron chi connectivity index (χ2n) is 11.4. The average Bonchev–Trinajstić information content (AvgIpc) is 3.59. The second kappa shape index (κ2) is 13.4. The van der Waals surface area contributed by atoms with Gasteiger partial charge in [-0.1, -0.05) is 66.0 Å². The molecule has 3 amide bonds. The van der Waals surface area contributed by atoms with Crippen molar-refractivity contribution >= 4 is 51.1 Å².